The Labute approximate surface area is 129 Å². The van der Waals surface area contributed by atoms with Crippen molar-refractivity contribution in [3.05, 3.63) is 71.7 Å². The first-order valence-corrected chi connectivity index (χ1v) is 7.14. The van der Waals surface area contributed by atoms with Gasteiger partial charge in [-0.05, 0) is 35.9 Å². The summed E-state index contributed by atoms with van der Waals surface area (Å²) in [7, 11) is 3.79. The van der Waals surface area contributed by atoms with E-state index in [0.29, 0.717) is 5.56 Å². The predicted molar refractivity (Wildman–Crippen MR) is 91.4 cm³/mol. The van der Waals surface area contributed by atoms with Gasteiger partial charge in [0.15, 0.2) is 0 Å². The molecule has 1 heterocycles. The third kappa shape index (κ3) is 2.84. The lowest BCUT2D eigenvalue weighted by Crippen LogP contribution is -2.08. The topological polar surface area (TPSA) is 16.1 Å². The molecule has 0 saturated carbocycles. The fraction of sp³-hybridized carbons (Fsp3) is 0.105. The summed E-state index contributed by atoms with van der Waals surface area (Å²) in [4.78, 5) is 6.21. The smallest absolute Gasteiger partial charge is 0.132 e. The van der Waals surface area contributed by atoms with Crippen molar-refractivity contribution in [2.45, 2.75) is 0 Å². The van der Waals surface area contributed by atoms with Gasteiger partial charge in [-0.2, -0.15) is 0 Å². The zero-order chi connectivity index (χ0) is 15.5. The molecule has 3 aromatic rings. The lowest BCUT2D eigenvalue weighted by Gasteiger charge is -2.12. The minimum atomic E-state index is -0.221. The molecule has 0 radical (unpaired) electrons. The Morgan fingerprint density at radius 2 is 1.73 bits per heavy atom. The number of rotatable bonds is 3. The van der Waals surface area contributed by atoms with E-state index in [1.165, 1.54) is 0 Å². The van der Waals surface area contributed by atoms with Crippen LogP contribution in [0.25, 0.3) is 23.1 Å². The fourth-order valence-corrected chi connectivity index (χ4v) is 2.37. The highest BCUT2D eigenvalue weighted by atomic mass is 19.1. The Balaban J connectivity index is 1.96. The number of hydrogen-bond donors (Lipinski definition) is 0. The van der Waals surface area contributed by atoms with Gasteiger partial charge in [0.05, 0.1) is 5.52 Å². The van der Waals surface area contributed by atoms with Crippen LogP contribution in [0.5, 0.6) is 0 Å². The molecule has 0 unspecified atom stereocenters. The number of hydrogen-bond acceptors (Lipinski definition) is 2. The zero-order valence-corrected chi connectivity index (χ0v) is 12.6. The summed E-state index contributed by atoms with van der Waals surface area (Å²) >= 11 is 0. The second-order valence-electron chi connectivity index (χ2n) is 5.35. The average molecular weight is 292 g/mol. The fourth-order valence-electron chi connectivity index (χ4n) is 2.37. The SMILES string of the molecule is CN(C)c1ccc(/C=C\c2ccnc3ccccc23)c(F)c1. The van der Waals surface area contributed by atoms with Gasteiger partial charge in [-0.15, -0.1) is 0 Å². The average Bonchev–Trinajstić information content (AvgIpc) is 2.53. The lowest BCUT2D eigenvalue weighted by molar-refractivity contribution is 0.625. The van der Waals surface area contributed by atoms with Crippen molar-refractivity contribution in [1.82, 2.24) is 4.98 Å². The van der Waals surface area contributed by atoms with Crippen LogP contribution in [0.3, 0.4) is 0 Å². The van der Waals surface area contributed by atoms with E-state index in [-0.39, 0.29) is 5.82 Å². The highest BCUT2D eigenvalue weighted by molar-refractivity contribution is 5.90. The number of pyridine rings is 1. The molecule has 22 heavy (non-hydrogen) atoms. The van der Waals surface area contributed by atoms with E-state index in [2.05, 4.69) is 4.98 Å². The molecule has 0 aliphatic carbocycles. The standard InChI is InChI=1S/C19H17FN2/c1-22(2)16-10-9-15(18(20)13-16)8-7-14-11-12-21-19-6-4-3-5-17(14)19/h3-13H,1-2H3/b8-7-. The Hall–Kier alpha value is -2.68. The normalized spacial score (nSPS) is 11.2. The molecule has 0 spiro atoms. The first-order valence-electron chi connectivity index (χ1n) is 7.14. The zero-order valence-electron chi connectivity index (χ0n) is 12.6. The summed E-state index contributed by atoms with van der Waals surface area (Å²) in [6.07, 6.45) is 5.50. The molecule has 110 valence electrons. The van der Waals surface area contributed by atoms with E-state index < -0.39 is 0 Å². The van der Waals surface area contributed by atoms with Gasteiger partial charge < -0.3 is 4.90 Å². The van der Waals surface area contributed by atoms with Gasteiger partial charge in [0.25, 0.3) is 0 Å². The number of aromatic nitrogens is 1. The van der Waals surface area contributed by atoms with Crippen LogP contribution in [0.4, 0.5) is 10.1 Å². The third-order valence-corrected chi connectivity index (χ3v) is 3.63. The van der Waals surface area contributed by atoms with Crippen molar-refractivity contribution in [3.8, 4) is 0 Å². The molecule has 3 rings (SSSR count). The maximum Gasteiger partial charge on any atom is 0.132 e. The molecule has 0 aliphatic heterocycles. The minimum absolute atomic E-state index is 0.221. The Morgan fingerprint density at radius 3 is 2.50 bits per heavy atom. The van der Waals surface area contributed by atoms with Gasteiger partial charge in [0, 0.05) is 36.9 Å². The van der Waals surface area contributed by atoms with Crippen LogP contribution in [0.2, 0.25) is 0 Å². The summed E-state index contributed by atoms with van der Waals surface area (Å²) < 4.78 is 14.1. The van der Waals surface area contributed by atoms with Crippen LogP contribution in [0.15, 0.2) is 54.7 Å². The van der Waals surface area contributed by atoms with Crippen molar-refractivity contribution < 1.29 is 4.39 Å². The molecule has 2 nitrogen and oxygen atoms in total. The molecular formula is C19H17FN2. The van der Waals surface area contributed by atoms with Gasteiger partial charge >= 0.3 is 0 Å². The van der Waals surface area contributed by atoms with Crippen molar-refractivity contribution in [2.75, 3.05) is 19.0 Å². The molecule has 0 atom stereocenters. The molecule has 0 amide bonds. The van der Waals surface area contributed by atoms with Crippen molar-refractivity contribution in [2.24, 2.45) is 0 Å². The molecule has 3 heteroatoms. The van der Waals surface area contributed by atoms with Gasteiger partial charge in [0.1, 0.15) is 5.82 Å². The number of nitrogens with zero attached hydrogens (tertiary/aromatic N) is 2. The van der Waals surface area contributed by atoms with E-state index in [0.717, 1.165) is 22.2 Å². The lowest BCUT2D eigenvalue weighted by atomic mass is 10.1. The first kappa shape index (κ1) is 14.3. The van der Waals surface area contributed by atoms with Crippen LogP contribution in [0, 0.1) is 5.82 Å². The van der Waals surface area contributed by atoms with Crippen molar-refractivity contribution >= 4 is 28.7 Å². The van der Waals surface area contributed by atoms with Crippen LogP contribution in [-0.2, 0) is 0 Å². The highest BCUT2D eigenvalue weighted by Gasteiger charge is 2.03. The van der Waals surface area contributed by atoms with E-state index in [9.17, 15) is 4.39 Å². The summed E-state index contributed by atoms with van der Waals surface area (Å²) in [5.74, 6) is -0.221. The van der Waals surface area contributed by atoms with E-state index >= 15 is 0 Å². The van der Waals surface area contributed by atoms with Crippen LogP contribution in [0.1, 0.15) is 11.1 Å². The number of fused-ring (bicyclic) bond motifs is 1. The van der Waals surface area contributed by atoms with E-state index in [1.54, 1.807) is 24.4 Å². The van der Waals surface area contributed by atoms with Gasteiger partial charge in [0.2, 0.25) is 0 Å². The number of anilines is 1. The van der Waals surface area contributed by atoms with Gasteiger partial charge in [-0.3, -0.25) is 4.98 Å². The number of halogens is 1. The second kappa shape index (κ2) is 5.98. The van der Waals surface area contributed by atoms with Crippen LogP contribution >= 0.6 is 0 Å². The predicted octanol–water partition coefficient (Wildman–Crippen LogP) is 4.61. The van der Waals surface area contributed by atoms with Crippen LogP contribution in [-0.4, -0.2) is 19.1 Å². The third-order valence-electron chi connectivity index (χ3n) is 3.63. The number of para-hydroxylation sites is 1. The summed E-state index contributed by atoms with van der Waals surface area (Å²) in [5.41, 5.74) is 3.39. The molecule has 0 bridgehead atoms. The van der Waals surface area contributed by atoms with E-state index in [1.807, 2.05) is 61.5 Å². The van der Waals surface area contributed by atoms with Crippen molar-refractivity contribution in [1.29, 1.82) is 0 Å². The monoisotopic (exact) mass is 292 g/mol. The maximum absolute atomic E-state index is 14.1. The van der Waals surface area contributed by atoms with Gasteiger partial charge in [-0.25, -0.2) is 4.39 Å². The number of benzene rings is 2. The molecule has 0 saturated heterocycles. The Bertz CT molecular complexity index is 832. The summed E-state index contributed by atoms with van der Waals surface area (Å²) in [6.45, 7) is 0. The first-order chi connectivity index (χ1) is 10.6. The van der Waals surface area contributed by atoms with E-state index in [4.69, 9.17) is 0 Å². The second-order valence-corrected chi connectivity index (χ2v) is 5.35. The minimum Gasteiger partial charge on any atom is -0.378 e. The molecule has 2 aromatic carbocycles. The van der Waals surface area contributed by atoms with Crippen molar-refractivity contribution in [3.63, 3.8) is 0 Å². The molecule has 1 aromatic heterocycles. The summed E-state index contributed by atoms with van der Waals surface area (Å²) in [5, 5.41) is 1.06. The van der Waals surface area contributed by atoms with Crippen LogP contribution < -0.4 is 4.90 Å². The summed E-state index contributed by atoms with van der Waals surface area (Å²) in [6, 6.07) is 15.1. The molecular weight excluding hydrogens is 275 g/mol. The highest BCUT2D eigenvalue weighted by Crippen LogP contribution is 2.21. The maximum atomic E-state index is 14.1. The molecule has 0 fully saturated rings. The largest absolute Gasteiger partial charge is 0.378 e. The Kier molecular flexibility index (Phi) is 3.88. The molecule has 0 aliphatic rings. The van der Waals surface area contributed by atoms with Gasteiger partial charge in [-0.1, -0.05) is 30.4 Å². The molecule has 0 N–H and O–H groups in total. The quantitative estimate of drug-likeness (QED) is 0.700. The Morgan fingerprint density at radius 1 is 0.955 bits per heavy atom.